The van der Waals surface area contributed by atoms with Gasteiger partial charge in [-0.25, -0.2) is 0 Å². The fourth-order valence-electron chi connectivity index (χ4n) is 8.34. The molecular weight excluding hydrogens is 743 g/mol. The number of carbonyl (C=O) groups is 1. The maximum absolute atomic E-state index is 11.2. The first-order valence-corrected chi connectivity index (χ1v) is 23.6. The number of rotatable bonds is 20. The third-order valence-electron chi connectivity index (χ3n) is 11.6. The van der Waals surface area contributed by atoms with Gasteiger partial charge in [-0.2, -0.15) is 0 Å². The molecule has 2 nitrogen and oxygen atoms in total. The summed E-state index contributed by atoms with van der Waals surface area (Å²) in [7, 11) is 0. The van der Waals surface area contributed by atoms with Gasteiger partial charge in [-0.3, -0.25) is 4.79 Å². The number of anilines is 1. The van der Waals surface area contributed by atoms with Gasteiger partial charge in [0.25, 0.3) is 0 Å². The molecule has 58 heavy (non-hydrogen) atoms. The molecule has 0 atom stereocenters. The molecule has 5 aromatic rings. The molecule has 0 aliphatic heterocycles. The van der Waals surface area contributed by atoms with Crippen LogP contribution in [0.1, 0.15) is 170 Å². The van der Waals surface area contributed by atoms with Crippen LogP contribution < -0.4 is 4.90 Å². The van der Waals surface area contributed by atoms with Crippen molar-refractivity contribution in [3.05, 3.63) is 132 Å². The Hall–Kier alpha value is -4.61. The van der Waals surface area contributed by atoms with Gasteiger partial charge in [0.15, 0.2) is 6.29 Å². The van der Waals surface area contributed by atoms with Crippen molar-refractivity contribution in [1.29, 1.82) is 0 Å². The number of hydrogen-bond acceptors (Lipinski definition) is 4. The molecule has 0 radical (unpaired) electrons. The Morgan fingerprint density at radius 3 is 1.55 bits per heavy atom. The predicted molar refractivity (Wildman–Crippen MR) is 254 cm³/mol. The molecule has 0 N–H and O–H groups in total. The summed E-state index contributed by atoms with van der Waals surface area (Å²) in [5.74, 6) is 13.8. The lowest BCUT2D eigenvalue weighted by atomic mass is 9.70. The van der Waals surface area contributed by atoms with E-state index in [0.29, 0.717) is 4.88 Å². The van der Waals surface area contributed by atoms with E-state index in [1.54, 1.807) is 11.3 Å². The highest BCUT2D eigenvalue weighted by Crippen LogP contribution is 2.54. The number of unbranched alkanes of at least 4 members (excludes halogenated alkanes) is 8. The molecule has 3 aromatic carbocycles. The number of nitrogens with zero attached hydrogens (tertiary/aromatic N) is 1. The minimum Gasteiger partial charge on any atom is -0.372 e. The Morgan fingerprint density at radius 1 is 0.534 bits per heavy atom. The minimum absolute atomic E-state index is 0.0552. The maximum Gasteiger partial charge on any atom is 0.160 e. The number of carbonyl (C=O) groups excluding carboxylic acids is 1. The summed E-state index contributed by atoms with van der Waals surface area (Å²) in [5, 5.41) is 0. The first-order valence-electron chi connectivity index (χ1n) is 22.0. The lowest BCUT2D eigenvalue weighted by Crippen LogP contribution is -2.25. The molecule has 4 heteroatoms. The van der Waals surface area contributed by atoms with Crippen LogP contribution in [0.5, 0.6) is 0 Å². The van der Waals surface area contributed by atoms with Crippen LogP contribution in [0.15, 0.2) is 84.9 Å². The molecular formula is C54H61NOS2. The topological polar surface area (TPSA) is 20.3 Å². The van der Waals surface area contributed by atoms with Crippen LogP contribution in [-0.2, 0) is 5.41 Å². The van der Waals surface area contributed by atoms with Crippen molar-refractivity contribution < 1.29 is 4.79 Å². The molecule has 0 spiro atoms. The van der Waals surface area contributed by atoms with E-state index in [2.05, 4.69) is 141 Å². The van der Waals surface area contributed by atoms with E-state index in [4.69, 9.17) is 0 Å². The van der Waals surface area contributed by atoms with Crippen LogP contribution in [0, 0.1) is 23.7 Å². The first-order chi connectivity index (χ1) is 28.5. The summed E-state index contributed by atoms with van der Waals surface area (Å²) in [6.45, 7) is 11.5. The van der Waals surface area contributed by atoms with Crippen molar-refractivity contribution in [3.8, 4) is 34.8 Å². The van der Waals surface area contributed by atoms with Crippen molar-refractivity contribution in [2.45, 2.75) is 123 Å². The van der Waals surface area contributed by atoms with Gasteiger partial charge in [-0.15, -0.1) is 22.7 Å². The molecule has 1 aliphatic carbocycles. The average Bonchev–Trinajstić information content (AvgIpc) is 3.99. The van der Waals surface area contributed by atoms with Crippen molar-refractivity contribution in [2.75, 3.05) is 18.0 Å². The summed E-state index contributed by atoms with van der Waals surface area (Å²) in [4.78, 5) is 17.7. The highest BCUT2D eigenvalue weighted by atomic mass is 32.1. The summed E-state index contributed by atoms with van der Waals surface area (Å²) in [6.07, 6.45) is 22.6. The van der Waals surface area contributed by atoms with Gasteiger partial charge in [0.1, 0.15) is 0 Å². The Bertz CT molecular complexity index is 2230. The first kappa shape index (κ1) is 43.0. The molecule has 0 fully saturated rings. The van der Waals surface area contributed by atoms with Gasteiger partial charge < -0.3 is 4.90 Å². The Balaban J connectivity index is 1.18. The largest absolute Gasteiger partial charge is 0.372 e. The van der Waals surface area contributed by atoms with Gasteiger partial charge in [0.2, 0.25) is 0 Å². The minimum atomic E-state index is -0.0552. The SMILES string of the molecule is CCCCCCN(CCCCCC)c1ccc(C=Cc2ccc(C#Cc3ccc4c(c3)C(CCCC)(CCCC)c3cc(C#Cc5ccc(C=O)s5)ccc3-4)s2)cc1. The number of benzene rings is 3. The molecule has 2 aromatic heterocycles. The second-order valence-electron chi connectivity index (χ2n) is 15.9. The molecule has 0 amide bonds. The fraction of sp³-hybridized carbons (Fsp3) is 0.389. The predicted octanol–water partition coefficient (Wildman–Crippen LogP) is 15.2. The van der Waals surface area contributed by atoms with Gasteiger partial charge >= 0.3 is 0 Å². The van der Waals surface area contributed by atoms with E-state index < -0.39 is 0 Å². The average molecular weight is 804 g/mol. The Labute approximate surface area is 357 Å². The van der Waals surface area contributed by atoms with E-state index in [9.17, 15) is 4.79 Å². The van der Waals surface area contributed by atoms with Crippen molar-refractivity contribution in [1.82, 2.24) is 0 Å². The molecule has 0 bridgehead atoms. The van der Waals surface area contributed by atoms with Crippen LogP contribution in [0.25, 0.3) is 23.3 Å². The van der Waals surface area contributed by atoms with Gasteiger partial charge in [0.05, 0.1) is 14.6 Å². The standard InChI is InChI=1S/C54H61NOS2/c1-5-9-13-15-37-55(38-16-14-10-6-2)45-24-17-42(18-25-45)19-26-46-29-30-47(57-46)27-20-43-22-33-50-51-34-23-44(21-28-48-31-32-49(41-56)58-48)40-53(51)54(35-11-7-3,36-12-8-4)52(50)39-43/h17-19,22-26,29-34,39-41H,5-16,35-38H2,1-4H3. The van der Waals surface area contributed by atoms with Crippen LogP contribution >= 0.6 is 22.7 Å². The molecule has 0 saturated carbocycles. The zero-order valence-electron chi connectivity index (χ0n) is 35.3. The normalized spacial score (nSPS) is 12.4. The lowest BCUT2D eigenvalue weighted by Gasteiger charge is -2.33. The number of hydrogen-bond donors (Lipinski definition) is 0. The Morgan fingerprint density at radius 2 is 1.05 bits per heavy atom. The Kier molecular flexibility index (Phi) is 16.3. The smallest absolute Gasteiger partial charge is 0.160 e. The number of fused-ring (bicyclic) bond motifs is 3. The van der Waals surface area contributed by atoms with E-state index in [-0.39, 0.29) is 5.41 Å². The maximum atomic E-state index is 11.2. The number of aldehydes is 1. The van der Waals surface area contributed by atoms with Gasteiger partial charge in [-0.05, 0) is 120 Å². The molecule has 2 heterocycles. The van der Waals surface area contributed by atoms with E-state index in [0.717, 1.165) is 65.9 Å². The molecule has 6 rings (SSSR count). The summed E-state index contributed by atoms with van der Waals surface area (Å²) < 4.78 is 0. The van der Waals surface area contributed by atoms with Crippen molar-refractivity contribution in [3.63, 3.8) is 0 Å². The summed E-state index contributed by atoms with van der Waals surface area (Å²) in [6, 6.07) is 31.0. The van der Waals surface area contributed by atoms with E-state index in [1.807, 2.05) is 12.1 Å². The van der Waals surface area contributed by atoms with Crippen LogP contribution in [0.4, 0.5) is 5.69 Å². The quantitative estimate of drug-likeness (QED) is 0.0444. The van der Waals surface area contributed by atoms with Gasteiger partial charge in [-0.1, -0.05) is 146 Å². The lowest BCUT2D eigenvalue weighted by molar-refractivity contribution is 0.112. The second-order valence-corrected chi connectivity index (χ2v) is 18.1. The van der Waals surface area contributed by atoms with Crippen LogP contribution in [0.2, 0.25) is 0 Å². The summed E-state index contributed by atoms with van der Waals surface area (Å²) >= 11 is 3.20. The fourth-order valence-corrected chi connectivity index (χ4v) is 9.78. The molecule has 300 valence electrons. The van der Waals surface area contributed by atoms with Crippen LogP contribution in [-0.4, -0.2) is 19.4 Å². The zero-order chi connectivity index (χ0) is 40.6. The molecule has 0 unspecified atom stereocenters. The highest BCUT2D eigenvalue weighted by molar-refractivity contribution is 7.14. The highest BCUT2D eigenvalue weighted by Gasteiger charge is 2.42. The van der Waals surface area contributed by atoms with Gasteiger partial charge in [0, 0.05) is 40.2 Å². The molecule has 0 saturated heterocycles. The summed E-state index contributed by atoms with van der Waals surface area (Å²) in [5.41, 5.74) is 10.1. The second kappa shape index (κ2) is 22.0. The van der Waals surface area contributed by atoms with Crippen molar-refractivity contribution in [2.24, 2.45) is 0 Å². The van der Waals surface area contributed by atoms with E-state index >= 15 is 0 Å². The zero-order valence-corrected chi connectivity index (χ0v) is 36.9. The van der Waals surface area contributed by atoms with Crippen LogP contribution in [0.3, 0.4) is 0 Å². The monoisotopic (exact) mass is 803 g/mol. The number of thiophene rings is 2. The van der Waals surface area contributed by atoms with E-state index in [1.165, 1.54) is 114 Å². The third kappa shape index (κ3) is 11.1. The third-order valence-corrected chi connectivity index (χ3v) is 13.5. The molecule has 1 aliphatic rings. The van der Waals surface area contributed by atoms with Crippen molar-refractivity contribution >= 4 is 46.8 Å².